The van der Waals surface area contributed by atoms with Crippen LogP contribution in [0.3, 0.4) is 0 Å². The third-order valence-electron chi connectivity index (χ3n) is 6.69. The van der Waals surface area contributed by atoms with Gasteiger partial charge in [0.05, 0.1) is 6.61 Å². The van der Waals surface area contributed by atoms with Gasteiger partial charge in [-0.1, -0.05) is 42.5 Å². The first-order valence-electron chi connectivity index (χ1n) is 12.8. The first kappa shape index (κ1) is 26.0. The molecule has 1 fully saturated rings. The normalized spacial score (nSPS) is 15.7. The lowest BCUT2D eigenvalue weighted by molar-refractivity contribution is 0.0693. The third kappa shape index (κ3) is 5.50. The van der Waals surface area contributed by atoms with Gasteiger partial charge in [0.25, 0.3) is 11.8 Å². The molecule has 0 unspecified atom stereocenters. The van der Waals surface area contributed by atoms with Crippen molar-refractivity contribution in [2.45, 2.75) is 38.6 Å². The highest BCUT2D eigenvalue weighted by Crippen LogP contribution is 2.28. The Labute approximate surface area is 224 Å². The molecule has 1 aromatic heterocycles. The van der Waals surface area contributed by atoms with Gasteiger partial charge in [0.2, 0.25) is 5.43 Å². The molecular formula is C29H29FN4O5. The Morgan fingerprint density at radius 3 is 2.79 bits per heavy atom. The van der Waals surface area contributed by atoms with E-state index in [2.05, 4.69) is 17.3 Å². The van der Waals surface area contributed by atoms with Gasteiger partial charge in [0, 0.05) is 30.9 Å². The Balaban J connectivity index is 1.43. The summed E-state index contributed by atoms with van der Waals surface area (Å²) in [5.74, 6) is -1.35. The molecule has 3 aromatic rings. The lowest BCUT2D eigenvalue weighted by Crippen LogP contribution is -2.51. The summed E-state index contributed by atoms with van der Waals surface area (Å²) in [6.45, 7) is 4.56. The van der Waals surface area contributed by atoms with Crippen molar-refractivity contribution < 1.29 is 23.5 Å². The van der Waals surface area contributed by atoms with Crippen LogP contribution in [0.2, 0.25) is 0 Å². The second-order valence-corrected chi connectivity index (χ2v) is 9.34. The monoisotopic (exact) mass is 532 g/mol. The summed E-state index contributed by atoms with van der Waals surface area (Å²) in [5, 5.41) is 2.72. The second kappa shape index (κ2) is 11.4. The molecule has 0 saturated carbocycles. The van der Waals surface area contributed by atoms with Gasteiger partial charge in [-0.15, -0.1) is 6.58 Å². The quantitative estimate of drug-likeness (QED) is 0.306. The molecule has 2 amide bonds. The number of rotatable bonds is 10. The van der Waals surface area contributed by atoms with Crippen LogP contribution in [0.25, 0.3) is 0 Å². The number of pyridine rings is 1. The van der Waals surface area contributed by atoms with Crippen molar-refractivity contribution in [2.24, 2.45) is 0 Å². The number of carbonyl (C=O) groups is 2. The number of hydrogen-bond donors (Lipinski definition) is 2. The molecule has 2 N–H and O–H groups in total. The van der Waals surface area contributed by atoms with Gasteiger partial charge in [0.15, 0.2) is 11.4 Å². The number of carbonyl (C=O) groups excluding carboxylic acids is 2. The molecule has 2 aromatic carbocycles. The predicted octanol–water partition coefficient (Wildman–Crippen LogP) is 3.57. The molecule has 5 rings (SSSR count). The van der Waals surface area contributed by atoms with Crippen molar-refractivity contribution in [3.63, 3.8) is 0 Å². The van der Waals surface area contributed by atoms with Gasteiger partial charge in [-0.3, -0.25) is 19.1 Å². The van der Waals surface area contributed by atoms with Crippen LogP contribution in [0.4, 0.5) is 4.39 Å². The number of amides is 2. The van der Waals surface area contributed by atoms with Crippen molar-refractivity contribution in [3.05, 3.63) is 106 Å². The smallest absolute Gasteiger partial charge is 0.278 e. The standard InChI is InChI=1S/C29H29FN4O5/c1-2-3-14-38-23-15-21(30)12-11-20(23)16-31-28(36)22-17-34-25(29(37)33-13-7-10-24(33)32-34)27(26(22)35)39-18-19-8-5-4-6-9-19/h2,4-6,8-9,11-12,15,17,24,32H,1,3,7,10,13-14,16,18H2,(H,31,36)/t24-/m1/s1. The minimum atomic E-state index is -0.691. The largest absolute Gasteiger partial charge is 0.493 e. The van der Waals surface area contributed by atoms with Gasteiger partial charge in [-0.25, -0.2) is 4.39 Å². The van der Waals surface area contributed by atoms with E-state index in [1.54, 1.807) is 11.0 Å². The van der Waals surface area contributed by atoms with Crippen molar-refractivity contribution >= 4 is 11.8 Å². The van der Waals surface area contributed by atoms with Crippen molar-refractivity contribution in [2.75, 3.05) is 18.6 Å². The van der Waals surface area contributed by atoms with Crippen LogP contribution < -0.4 is 25.6 Å². The zero-order chi connectivity index (χ0) is 27.4. The Morgan fingerprint density at radius 1 is 1.18 bits per heavy atom. The first-order chi connectivity index (χ1) is 19.0. The van der Waals surface area contributed by atoms with E-state index in [1.165, 1.54) is 29.1 Å². The molecule has 2 aliphatic rings. The fraction of sp³-hybridized carbons (Fsp3) is 0.276. The van der Waals surface area contributed by atoms with Gasteiger partial charge in [-0.2, -0.15) is 0 Å². The average Bonchev–Trinajstić information content (AvgIpc) is 3.42. The number of fused-ring (bicyclic) bond motifs is 2. The number of hydrogen-bond acceptors (Lipinski definition) is 6. The van der Waals surface area contributed by atoms with Crippen molar-refractivity contribution in [1.29, 1.82) is 0 Å². The number of halogens is 1. The molecule has 0 bridgehead atoms. The van der Waals surface area contributed by atoms with Crippen LogP contribution in [0.5, 0.6) is 11.5 Å². The van der Waals surface area contributed by atoms with Gasteiger partial charge in [0.1, 0.15) is 29.9 Å². The maximum absolute atomic E-state index is 13.8. The second-order valence-electron chi connectivity index (χ2n) is 9.34. The van der Waals surface area contributed by atoms with E-state index in [1.807, 2.05) is 30.3 Å². The fourth-order valence-corrected chi connectivity index (χ4v) is 4.69. The SMILES string of the molecule is C=CCCOc1cc(F)ccc1CNC(=O)c1cn2c(c(OCc3ccccc3)c1=O)C(=O)N1CCC[C@@H]1N2. The van der Waals surface area contributed by atoms with Crippen LogP contribution in [-0.4, -0.2) is 40.7 Å². The van der Waals surface area contributed by atoms with E-state index in [9.17, 15) is 18.8 Å². The van der Waals surface area contributed by atoms with Gasteiger partial charge < -0.3 is 25.1 Å². The molecule has 10 heteroatoms. The zero-order valence-electron chi connectivity index (χ0n) is 21.3. The van der Waals surface area contributed by atoms with E-state index in [0.29, 0.717) is 30.9 Å². The highest BCUT2D eigenvalue weighted by Gasteiger charge is 2.39. The highest BCUT2D eigenvalue weighted by atomic mass is 19.1. The molecule has 0 radical (unpaired) electrons. The number of nitrogens with zero attached hydrogens (tertiary/aromatic N) is 2. The molecule has 1 atom stereocenters. The van der Waals surface area contributed by atoms with Crippen LogP contribution in [0.15, 0.2) is 72.2 Å². The van der Waals surface area contributed by atoms with Gasteiger partial charge in [-0.05, 0) is 30.9 Å². The number of ether oxygens (including phenoxy) is 2. The Kier molecular flexibility index (Phi) is 7.62. The van der Waals surface area contributed by atoms with Gasteiger partial charge >= 0.3 is 0 Å². The number of nitrogens with one attached hydrogen (secondary N) is 2. The van der Waals surface area contributed by atoms with E-state index >= 15 is 0 Å². The molecular weight excluding hydrogens is 503 g/mol. The number of benzene rings is 2. The molecule has 9 nitrogen and oxygen atoms in total. The van der Waals surface area contributed by atoms with E-state index in [4.69, 9.17) is 9.47 Å². The lowest BCUT2D eigenvalue weighted by atomic mass is 10.1. The summed E-state index contributed by atoms with van der Waals surface area (Å²) in [5.41, 5.74) is 3.75. The Hall–Kier alpha value is -4.60. The summed E-state index contributed by atoms with van der Waals surface area (Å²) in [4.78, 5) is 41.8. The van der Waals surface area contributed by atoms with Crippen molar-refractivity contribution in [1.82, 2.24) is 14.9 Å². The Morgan fingerprint density at radius 2 is 2.00 bits per heavy atom. The average molecular weight is 533 g/mol. The maximum atomic E-state index is 13.8. The predicted molar refractivity (Wildman–Crippen MR) is 143 cm³/mol. The minimum Gasteiger partial charge on any atom is -0.493 e. The molecule has 0 aliphatic carbocycles. The van der Waals surface area contributed by atoms with E-state index < -0.39 is 17.2 Å². The lowest BCUT2D eigenvalue weighted by Gasteiger charge is -2.34. The molecule has 2 aliphatic heterocycles. The third-order valence-corrected chi connectivity index (χ3v) is 6.69. The summed E-state index contributed by atoms with van der Waals surface area (Å²) in [7, 11) is 0. The summed E-state index contributed by atoms with van der Waals surface area (Å²) >= 11 is 0. The molecule has 3 heterocycles. The van der Waals surface area contributed by atoms with Crippen LogP contribution in [-0.2, 0) is 13.2 Å². The first-order valence-corrected chi connectivity index (χ1v) is 12.8. The summed E-state index contributed by atoms with van der Waals surface area (Å²) in [6.07, 6.45) is 4.93. The molecule has 0 spiro atoms. The minimum absolute atomic E-state index is 0.00725. The van der Waals surface area contributed by atoms with Crippen molar-refractivity contribution in [3.8, 4) is 11.5 Å². The highest BCUT2D eigenvalue weighted by molar-refractivity contribution is 5.99. The molecule has 1 saturated heterocycles. The van der Waals surface area contributed by atoms with E-state index in [0.717, 1.165) is 18.4 Å². The Bertz CT molecular complexity index is 1460. The van der Waals surface area contributed by atoms with Crippen LogP contribution in [0, 0.1) is 5.82 Å². The molecule has 39 heavy (non-hydrogen) atoms. The van der Waals surface area contributed by atoms with E-state index in [-0.39, 0.29) is 42.2 Å². The molecule has 202 valence electrons. The maximum Gasteiger partial charge on any atom is 0.278 e. The fourth-order valence-electron chi connectivity index (χ4n) is 4.69. The zero-order valence-corrected chi connectivity index (χ0v) is 21.3. The summed E-state index contributed by atoms with van der Waals surface area (Å²) < 4.78 is 26.8. The van der Waals surface area contributed by atoms with Crippen LogP contribution >= 0.6 is 0 Å². The topological polar surface area (TPSA) is 102 Å². The summed E-state index contributed by atoms with van der Waals surface area (Å²) in [6, 6.07) is 13.3. The number of aromatic nitrogens is 1. The van der Waals surface area contributed by atoms with Crippen LogP contribution in [0.1, 0.15) is 51.2 Å².